The maximum absolute atomic E-state index is 12.1. The van der Waals surface area contributed by atoms with Gasteiger partial charge < -0.3 is 31.9 Å². The molecule has 0 spiro atoms. The van der Waals surface area contributed by atoms with Crippen LogP contribution in [0.3, 0.4) is 0 Å². The van der Waals surface area contributed by atoms with Crippen molar-refractivity contribution in [1.29, 1.82) is 5.41 Å². The van der Waals surface area contributed by atoms with Crippen LogP contribution >= 0.6 is 0 Å². The number of alkyl halides is 3. The molecule has 33 heavy (non-hydrogen) atoms. The van der Waals surface area contributed by atoms with Crippen LogP contribution in [0.5, 0.6) is 0 Å². The summed E-state index contributed by atoms with van der Waals surface area (Å²) in [7, 11) is 0. The van der Waals surface area contributed by atoms with Crippen LogP contribution in [-0.2, 0) is 14.4 Å². The Morgan fingerprint density at radius 1 is 1.24 bits per heavy atom. The minimum Gasteiger partial charge on any atom is -0.481 e. The molecule has 2 atom stereocenters. The second-order valence-electron chi connectivity index (χ2n) is 6.17. The summed E-state index contributed by atoms with van der Waals surface area (Å²) in [5, 5.41) is 30.8. The maximum atomic E-state index is 12.1. The molecule has 180 valence electrons. The number of hydrogen-bond donors (Lipinski definition) is 7. The number of terminal acetylenes is 1. The zero-order chi connectivity index (χ0) is 25.8. The van der Waals surface area contributed by atoms with Crippen LogP contribution in [0.4, 0.5) is 18.9 Å². The molecule has 0 saturated carbocycles. The maximum Gasteiger partial charge on any atom is 0.490 e. The van der Waals surface area contributed by atoms with Crippen LogP contribution in [-0.4, -0.2) is 58.7 Å². The molecule has 8 N–H and O–H groups in total. The molecular weight excluding hydrogens is 451 g/mol. The van der Waals surface area contributed by atoms with Gasteiger partial charge in [-0.3, -0.25) is 19.8 Å². The van der Waals surface area contributed by atoms with Crippen LogP contribution < -0.4 is 21.7 Å². The van der Waals surface area contributed by atoms with Gasteiger partial charge in [-0.05, 0) is 24.6 Å². The zero-order valence-electron chi connectivity index (χ0n) is 17.2. The molecule has 2 amide bonds. The van der Waals surface area contributed by atoms with Crippen LogP contribution in [0, 0.1) is 23.7 Å². The SMILES string of the molecule is C#C[C@H](NC(=O)CNC(=O)c1cccc(NC(=N)N)c1)C(CC)C(=O)O.O=C(O)C(F)(F)F. The van der Waals surface area contributed by atoms with E-state index in [9.17, 15) is 27.6 Å². The van der Waals surface area contributed by atoms with Crippen molar-refractivity contribution in [2.45, 2.75) is 25.6 Å². The van der Waals surface area contributed by atoms with Crippen molar-refractivity contribution < 1.29 is 42.6 Å². The van der Waals surface area contributed by atoms with Gasteiger partial charge in [0, 0.05) is 11.3 Å². The number of carbonyl (C=O) groups is 4. The number of carboxylic acids is 2. The fourth-order valence-corrected chi connectivity index (χ4v) is 2.19. The lowest BCUT2D eigenvalue weighted by atomic mass is 9.97. The third-order valence-corrected chi connectivity index (χ3v) is 3.71. The van der Waals surface area contributed by atoms with Gasteiger partial charge in [0.05, 0.1) is 12.5 Å². The molecule has 0 aliphatic carbocycles. The van der Waals surface area contributed by atoms with Crippen LogP contribution in [0.15, 0.2) is 24.3 Å². The van der Waals surface area contributed by atoms with E-state index in [4.69, 9.17) is 32.6 Å². The van der Waals surface area contributed by atoms with E-state index < -0.39 is 41.9 Å². The summed E-state index contributed by atoms with van der Waals surface area (Å²) in [5.41, 5.74) is 5.94. The van der Waals surface area contributed by atoms with Crippen molar-refractivity contribution in [2.24, 2.45) is 11.7 Å². The number of anilines is 1. The lowest BCUT2D eigenvalue weighted by Gasteiger charge is -2.19. The van der Waals surface area contributed by atoms with Crippen molar-refractivity contribution in [1.82, 2.24) is 10.6 Å². The number of nitrogens with one attached hydrogen (secondary N) is 4. The first kappa shape index (κ1) is 28.7. The lowest BCUT2D eigenvalue weighted by Crippen LogP contribution is -2.46. The molecule has 1 unspecified atom stereocenters. The Hall–Kier alpha value is -4.28. The van der Waals surface area contributed by atoms with E-state index in [0.29, 0.717) is 5.69 Å². The highest BCUT2D eigenvalue weighted by Gasteiger charge is 2.38. The monoisotopic (exact) mass is 473 g/mol. The normalized spacial score (nSPS) is 12.0. The Morgan fingerprint density at radius 2 is 1.82 bits per heavy atom. The summed E-state index contributed by atoms with van der Waals surface area (Å²) in [6, 6.07) is 5.24. The fraction of sp³-hybridized carbons (Fsp3) is 0.316. The number of halogens is 3. The lowest BCUT2D eigenvalue weighted by molar-refractivity contribution is -0.192. The Balaban J connectivity index is 0.00000126. The highest BCUT2D eigenvalue weighted by Crippen LogP contribution is 2.13. The van der Waals surface area contributed by atoms with Gasteiger partial charge >= 0.3 is 18.1 Å². The van der Waals surface area contributed by atoms with E-state index in [2.05, 4.69) is 21.9 Å². The van der Waals surface area contributed by atoms with Gasteiger partial charge in [-0.2, -0.15) is 13.2 Å². The number of hydrogen-bond acceptors (Lipinski definition) is 5. The summed E-state index contributed by atoms with van der Waals surface area (Å²) in [5.74, 6) is -3.91. The molecule has 0 aromatic heterocycles. The number of amides is 2. The summed E-state index contributed by atoms with van der Waals surface area (Å²) in [6.45, 7) is 1.29. The highest BCUT2D eigenvalue weighted by atomic mass is 19.4. The predicted molar refractivity (Wildman–Crippen MR) is 110 cm³/mol. The molecule has 1 aromatic carbocycles. The van der Waals surface area contributed by atoms with Crippen LogP contribution in [0.1, 0.15) is 23.7 Å². The minimum atomic E-state index is -5.08. The largest absolute Gasteiger partial charge is 0.490 e. The van der Waals surface area contributed by atoms with Gasteiger partial charge in [-0.25, -0.2) is 4.79 Å². The number of guanidine groups is 1. The highest BCUT2D eigenvalue weighted by molar-refractivity contribution is 5.98. The Kier molecular flexibility index (Phi) is 11.5. The van der Waals surface area contributed by atoms with E-state index in [1.807, 2.05) is 0 Å². The third-order valence-electron chi connectivity index (χ3n) is 3.71. The quantitative estimate of drug-likeness (QED) is 0.162. The van der Waals surface area contributed by atoms with Crippen molar-refractivity contribution in [3.63, 3.8) is 0 Å². The number of carbonyl (C=O) groups excluding carboxylic acids is 2. The zero-order valence-corrected chi connectivity index (χ0v) is 17.2. The second-order valence-corrected chi connectivity index (χ2v) is 6.17. The van der Waals surface area contributed by atoms with Crippen LogP contribution in [0.2, 0.25) is 0 Å². The first-order valence-electron chi connectivity index (χ1n) is 9.00. The number of aliphatic carboxylic acids is 2. The molecule has 11 nitrogen and oxygen atoms in total. The number of nitrogens with two attached hydrogens (primary N) is 1. The van der Waals surface area contributed by atoms with Crippen molar-refractivity contribution in [2.75, 3.05) is 11.9 Å². The molecule has 0 bridgehead atoms. The van der Waals surface area contributed by atoms with Crippen molar-refractivity contribution in [3.05, 3.63) is 29.8 Å². The van der Waals surface area contributed by atoms with E-state index in [1.165, 1.54) is 12.1 Å². The van der Waals surface area contributed by atoms with Gasteiger partial charge in [0.1, 0.15) is 6.04 Å². The first-order chi connectivity index (χ1) is 15.2. The van der Waals surface area contributed by atoms with Gasteiger partial charge in [0.2, 0.25) is 5.91 Å². The van der Waals surface area contributed by atoms with E-state index in [1.54, 1.807) is 19.1 Å². The molecule has 0 fully saturated rings. The number of rotatable bonds is 8. The predicted octanol–water partition coefficient (Wildman–Crippen LogP) is 0.584. The first-order valence-corrected chi connectivity index (χ1v) is 9.00. The molecule has 0 saturated heterocycles. The fourth-order valence-electron chi connectivity index (χ4n) is 2.19. The average Bonchev–Trinajstić information content (AvgIpc) is 2.70. The van der Waals surface area contributed by atoms with E-state index in [0.717, 1.165) is 0 Å². The third kappa shape index (κ3) is 11.1. The Morgan fingerprint density at radius 3 is 2.24 bits per heavy atom. The molecule has 1 aromatic rings. The molecule has 1 rings (SSSR count). The van der Waals surface area contributed by atoms with Crippen molar-refractivity contribution >= 4 is 35.4 Å². The molecule has 0 heterocycles. The average molecular weight is 473 g/mol. The van der Waals surface area contributed by atoms with Gasteiger partial charge in [-0.1, -0.05) is 18.9 Å². The summed E-state index contributed by atoms with van der Waals surface area (Å²) in [6.07, 6.45) is 0.462. The summed E-state index contributed by atoms with van der Waals surface area (Å²) in [4.78, 5) is 44.1. The molecular formula is C19H22F3N5O6. The van der Waals surface area contributed by atoms with Crippen molar-refractivity contribution in [3.8, 4) is 12.3 Å². The Bertz CT molecular complexity index is 929. The minimum absolute atomic E-state index is 0.257. The van der Waals surface area contributed by atoms with Gasteiger partial charge in [0.25, 0.3) is 5.91 Å². The van der Waals surface area contributed by atoms with Gasteiger partial charge in [-0.15, -0.1) is 6.42 Å². The topological polar surface area (TPSA) is 195 Å². The summed E-state index contributed by atoms with van der Waals surface area (Å²) < 4.78 is 31.7. The summed E-state index contributed by atoms with van der Waals surface area (Å²) >= 11 is 0. The smallest absolute Gasteiger partial charge is 0.481 e. The molecule has 0 aliphatic heterocycles. The number of benzene rings is 1. The Labute approximate surface area is 186 Å². The standard InChI is InChI=1S/C17H21N5O4.C2HF3O2/c1-3-12(16(25)26)13(4-2)22-14(23)9-20-15(24)10-6-5-7-11(8-10)21-17(18)19;3-2(4,5)1(6)7/h2,5-8,12-13H,3,9H2,1H3,(H,20,24)(H,22,23)(H,25,26)(H4,18,19,21);(H,6,7)/t12?,13-;/m0./s1. The molecule has 0 aliphatic rings. The van der Waals surface area contributed by atoms with Gasteiger partial charge in [0.15, 0.2) is 5.96 Å². The molecule has 14 heteroatoms. The van der Waals surface area contributed by atoms with E-state index in [-0.39, 0.29) is 24.5 Å². The van der Waals surface area contributed by atoms with Crippen LogP contribution in [0.25, 0.3) is 0 Å². The second kappa shape index (κ2) is 13.2. The molecule has 0 radical (unpaired) electrons. The van der Waals surface area contributed by atoms with E-state index >= 15 is 0 Å². The number of carboxylic acid groups (broad SMARTS) is 2.